The summed E-state index contributed by atoms with van der Waals surface area (Å²) in [6, 6.07) is 14.9. The molecule has 1 unspecified atom stereocenters. The zero-order chi connectivity index (χ0) is 28.6. The van der Waals surface area contributed by atoms with Gasteiger partial charge in [-0.3, -0.25) is 9.78 Å². The topological polar surface area (TPSA) is 116 Å². The SMILES string of the molecule is CC.COC(=O)COc1ccc(C(C)CNC(=O)OC(C)(C)C)cc1.O=CNc1ccc2cnccc2c1. The number of nitrogens with zero attached hydrogens (tertiary/aromatic N) is 1. The van der Waals surface area contributed by atoms with Gasteiger partial charge in [-0.2, -0.15) is 0 Å². The molecule has 0 spiro atoms. The third-order valence-electron chi connectivity index (χ3n) is 4.85. The van der Waals surface area contributed by atoms with E-state index in [1.54, 1.807) is 24.5 Å². The van der Waals surface area contributed by atoms with E-state index in [9.17, 15) is 14.4 Å². The van der Waals surface area contributed by atoms with Crippen molar-refractivity contribution >= 4 is 34.9 Å². The predicted octanol–water partition coefficient (Wildman–Crippen LogP) is 5.70. The van der Waals surface area contributed by atoms with E-state index in [-0.39, 0.29) is 12.5 Å². The normalized spacial score (nSPS) is 10.9. The van der Waals surface area contributed by atoms with E-state index in [1.165, 1.54) is 7.11 Å². The van der Waals surface area contributed by atoms with E-state index in [2.05, 4.69) is 20.4 Å². The maximum absolute atomic E-state index is 11.6. The molecule has 1 atom stereocenters. The lowest BCUT2D eigenvalue weighted by Gasteiger charge is -2.21. The number of esters is 1. The minimum Gasteiger partial charge on any atom is -0.482 e. The molecule has 0 aliphatic rings. The van der Waals surface area contributed by atoms with Crippen LogP contribution >= 0.6 is 0 Å². The summed E-state index contributed by atoms with van der Waals surface area (Å²) in [7, 11) is 1.31. The molecule has 9 nitrogen and oxygen atoms in total. The van der Waals surface area contributed by atoms with Gasteiger partial charge < -0.3 is 24.8 Å². The van der Waals surface area contributed by atoms with Crippen molar-refractivity contribution in [2.45, 2.75) is 53.1 Å². The van der Waals surface area contributed by atoms with Crippen molar-refractivity contribution in [1.29, 1.82) is 0 Å². The average Bonchev–Trinajstić information content (AvgIpc) is 2.91. The summed E-state index contributed by atoms with van der Waals surface area (Å²) in [4.78, 5) is 36.8. The third-order valence-corrected chi connectivity index (χ3v) is 4.85. The van der Waals surface area contributed by atoms with Crippen LogP contribution < -0.4 is 15.4 Å². The lowest BCUT2D eigenvalue weighted by molar-refractivity contribution is -0.142. The Bertz CT molecular complexity index is 1140. The number of amides is 2. The van der Waals surface area contributed by atoms with Crippen LogP contribution in [0.15, 0.2) is 60.9 Å². The number of aromatic nitrogens is 1. The molecule has 0 saturated heterocycles. The van der Waals surface area contributed by atoms with Crippen molar-refractivity contribution in [2.75, 3.05) is 25.6 Å². The molecule has 0 bridgehead atoms. The van der Waals surface area contributed by atoms with E-state index in [0.717, 1.165) is 22.0 Å². The van der Waals surface area contributed by atoms with Crippen molar-refractivity contribution in [1.82, 2.24) is 10.3 Å². The molecule has 2 amide bonds. The van der Waals surface area contributed by atoms with Crippen LogP contribution in [0.25, 0.3) is 10.8 Å². The number of alkyl carbamates (subject to hydrolysis) is 1. The smallest absolute Gasteiger partial charge is 0.407 e. The van der Waals surface area contributed by atoms with Gasteiger partial charge in [0.25, 0.3) is 0 Å². The summed E-state index contributed by atoms with van der Waals surface area (Å²) in [6.07, 6.45) is 3.76. The maximum atomic E-state index is 11.6. The first kappa shape index (κ1) is 31.9. The van der Waals surface area contributed by atoms with Crippen LogP contribution in [0.2, 0.25) is 0 Å². The van der Waals surface area contributed by atoms with Crippen molar-refractivity contribution in [3.05, 3.63) is 66.5 Å². The molecular formula is C29H39N3O6. The van der Waals surface area contributed by atoms with Gasteiger partial charge in [-0.1, -0.05) is 39.0 Å². The van der Waals surface area contributed by atoms with Gasteiger partial charge in [0.05, 0.1) is 7.11 Å². The average molecular weight is 526 g/mol. The van der Waals surface area contributed by atoms with E-state index < -0.39 is 17.7 Å². The molecule has 9 heteroatoms. The second-order valence-electron chi connectivity index (χ2n) is 8.92. The number of anilines is 1. The number of hydrogen-bond donors (Lipinski definition) is 2. The van der Waals surface area contributed by atoms with Crippen LogP contribution in [0.1, 0.15) is 53.0 Å². The monoisotopic (exact) mass is 525 g/mol. The summed E-state index contributed by atoms with van der Waals surface area (Å²) in [5.41, 5.74) is 1.34. The second-order valence-corrected chi connectivity index (χ2v) is 8.92. The molecule has 1 aromatic heterocycles. The number of pyridine rings is 1. The van der Waals surface area contributed by atoms with Crippen LogP contribution in [0.5, 0.6) is 5.75 Å². The van der Waals surface area contributed by atoms with E-state index >= 15 is 0 Å². The number of methoxy groups -OCH3 is 1. The molecule has 0 aliphatic heterocycles. The van der Waals surface area contributed by atoms with Crippen LogP contribution in [0.3, 0.4) is 0 Å². The Hall–Kier alpha value is -4.14. The zero-order valence-electron chi connectivity index (χ0n) is 23.2. The molecule has 0 saturated carbocycles. The van der Waals surface area contributed by atoms with Crippen LogP contribution in [0.4, 0.5) is 10.5 Å². The van der Waals surface area contributed by atoms with Crippen molar-refractivity contribution in [3.63, 3.8) is 0 Å². The summed E-state index contributed by atoms with van der Waals surface area (Å²) in [5.74, 6) is 0.285. The zero-order valence-corrected chi connectivity index (χ0v) is 23.2. The highest BCUT2D eigenvalue weighted by Gasteiger charge is 2.16. The van der Waals surface area contributed by atoms with Crippen molar-refractivity contribution in [2.24, 2.45) is 0 Å². The first-order valence-corrected chi connectivity index (χ1v) is 12.4. The number of carbonyl (C=O) groups excluding carboxylic acids is 3. The summed E-state index contributed by atoms with van der Waals surface area (Å²) < 4.78 is 15.0. The Labute approximate surface area is 224 Å². The highest BCUT2D eigenvalue weighted by molar-refractivity contribution is 5.87. The van der Waals surface area contributed by atoms with Crippen LogP contribution in [-0.2, 0) is 19.1 Å². The summed E-state index contributed by atoms with van der Waals surface area (Å²) in [5, 5.41) is 7.48. The quantitative estimate of drug-likeness (QED) is 0.286. The summed E-state index contributed by atoms with van der Waals surface area (Å²) >= 11 is 0. The number of nitrogens with one attached hydrogen (secondary N) is 2. The number of rotatable bonds is 8. The largest absolute Gasteiger partial charge is 0.482 e. The van der Waals surface area contributed by atoms with Gasteiger partial charge in [0.2, 0.25) is 6.41 Å². The minimum absolute atomic E-state index is 0.119. The van der Waals surface area contributed by atoms with E-state index in [0.29, 0.717) is 18.7 Å². The van der Waals surface area contributed by atoms with Gasteiger partial charge in [0.15, 0.2) is 6.61 Å². The fraction of sp³-hybridized carbons (Fsp3) is 0.379. The molecule has 3 rings (SSSR count). The van der Waals surface area contributed by atoms with Crippen molar-refractivity contribution in [3.8, 4) is 5.75 Å². The van der Waals surface area contributed by atoms with Gasteiger partial charge in [-0.05, 0) is 68.0 Å². The fourth-order valence-electron chi connectivity index (χ4n) is 3.00. The van der Waals surface area contributed by atoms with Crippen LogP contribution in [-0.4, -0.2) is 49.3 Å². The molecule has 2 N–H and O–H groups in total. The molecule has 38 heavy (non-hydrogen) atoms. The van der Waals surface area contributed by atoms with E-state index in [1.807, 2.05) is 77.9 Å². The van der Waals surface area contributed by atoms with Crippen molar-refractivity contribution < 1.29 is 28.6 Å². The van der Waals surface area contributed by atoms with Gasteiger partial charge in [-0.25, -0.2) is 9.59 Å². The Balaban J connectivity index is 0.000000403. The van der Waals surface area contributed by atoms with Crippen LogP contribution in [0, 0.1) is 0 Å². The molecule has 0 fully saturated rings. The molecular weight excluding hydrogens is 486 g/mol. The number of benzene rings is 2. The molecule has 3 aromatic rings. The Morgan fingerprint density at radius 1 is 1.03 bits per heavy atom. The van der Waals surface area contributed by atoms with Gasteiger partial charge in [0.1, 0.15) is 11.4 Å². The minimum atomic E-state index is -0.508. The summed E-state index contributed by atoms with van der Waals surface area (Å²) in [6.45, 7) is 11.8. The predicted molar refractivity (Wildman–Crippen MR) is 149 cm³/mol. The molecule has 206 valence electrons. The molecule has 2 aromatic carbocycles. The number of hydrogen-bond acceptors (Lipinski definition) is 7. The molecule has 0 aliphatic carbocycles. The lowest BCUT2D eigenvalue weighted by atomic mass is 10.0. The molecule has 1 heterocycles. The Morgan fingerprint density at radius 3 is 2.32 bits per heavy atom. The number of carbonyl (C=O) groups is 3. The van der Waals surface area contributed by atoms with E-state index in [4.69, 9.17) is 9.47 Å². The highest BCUT2D eigenvalue weighted by Crippen LogP contribution is 2.19. The first-order valence-electron chi connectivity index (χ1n) is 12.4. The van der Waals surface area contributed by atoms with Gasteiger partial charge in [0, 0.05) is 30.0 Å². The standard InChI is InChI=1S/C17H25NO5.C10H8N2O.C2H6/c1-12(10-18-16(20)23-17(2,3)4)13-6-8-14(9-7-13)22-11-15(19)21-5;13-7-12-10-2-1-9-6-11-4-3-8(9)5-10;1-2/h6-9,12H,10-11H2,1-5H3,(H,18,20);1-7H,(H,12,13);1-2H3. The highest BCUT2D eigenvalue weighted by atomic mass is 16.6. The Morgan fingerprint density at radius 2 is 1.71 bits per heavy atom. The van der Waals surface area contributed by atoms with Gasteiger partial charge in [-0.15, -0.1) is 0 Å². The van der Waals surface area contributed by atoms with Gasteiger partial charge >= 0.3 is 12.1 Å². The Kier molecular flexibility index (Phi) is 13.9. The maximum Gasteiger partial charge on any atom is 0.407 e. The number of fused-ring (bicyclic) bond motifs is 1. The first-order chi connectivity index (χ1) is 18.1. The fourth-order valence-corrected chi connectivity index (χ4v) is 3.00. The third kappa shape index (κ3) is 12.2. The lowest BCUT2D eigenvalue weighted by Crippen LogP contribution is -2.34. The second kappa shape index (κ2) is 16.6. The number of ether oxygens (including phenoxy) is 3. The molecule has 0 radical (unpaired) electrons.